The first-order chi connectivity index (χ1) is 8.70. The standard InChI is InChI=1S/C11H11N3O4/c12-7-8-1-2-10(14(15)16)11(13-8)18-9-3-5-17-6-4-9/h1-2,9H,3-6H2. The molecule has 0 atom stereocenters. The van der Waals surface area contributed by atoms with Crippen molar-refractivity contribution in [3.8, 4) is 11.9 Å². The van der Waals surface area contributed by atoms with Crippen LogP contribution in [0.1, 0.15) is 18.5 Å². The second kappa shape index (κ2) is 5.42. The van der Waals surface area contributed by atoms with Gasteiger partial charge in [-0.25, -0.2) is 0 Å². The number of ether oxygens (including phenoxy) is 2. The zero-order valence-electron chi connectivity index (χ0n) is 9.54. The first kappa shape index (κ1) is 12.3. The van der Waals surface area contributed by atoms with Crippen molar-refractivity contribution in [2.45, 2.75) is 18.9 Å². The Bertz CT molecular complexity index is 492. The molecule has 7 nitrogen and oxygen atoms in total. The smallest absolute Gasteiger partial charge is 0.331 e. The predicted octanol–water partition coefficient (Wildman–Crippen LogP) is 1.42. The van der Waals surface area contributed by atoms with Gasteiger partial charge in [0.1, 0.15) is 17.9 Å². The molecule has 94 valence electrons. The molecule has 1 saturated heterocycles. The summed E-state index contributed by atoms with van der Waals surface area (Å²) in [7, 11) is 0. The van der Waals surface area contributed by atoms with Gasteiger partial charge in [-0.2, -0.15) is 10.2 Å². The molecule has 1 aliphatic rings. The first-order valence-corrected chi connectivity index (χ1v) is 5.50. The number of rotatable bonds is 3. The maximum absolute atomic E-state index is 10.8. The summed E-state index contributed by atoms with van der Waals surface area (Å²) in [4.78, 5) is 14.1. The van der Waals surface area contributed by atoms with Crippen LogP contribution < -0.4 is 4.74 Å². The molecule has 18 heavy (non-hydrogen) atoms. The van der Waals surface area contributed by atoms with Crippen LogP contribution in [-0.4, -0.2) is 29.2 Å². The number of nitriles is 1. The fourth-order valence-corrected chi connectivity index (χ4v) is 1.67. The van der Waals surface area contributed by atoms with Gasteiger partial charge < -0.3 is 9.47 Å². The van der Waals surface area contributed by atoms with Gasteiger partial charge in [-0.15, -0.1) is 0 Å². The van der Waals surface area contributed by atoms with Crippen molar-refractivity contribution >= 4 is 5.69 Å². The summed E-state index contributed by atoms with van der Waals surface area (Å²) in [5, 5.41) is 19.6. The van der Waals surface area contributed by atoms with Gasteiger partial charge in [-0.3, -0.25) is 10.1 Å². The predicted molar refractivity (Wildman–Crippen MR) is 60.1 cm³/mol. The van der Waals surface area contributed by atoms with Crippen molar-refractivity contribution in [3.05, 3.63) is 27.9 Å². The lowest BCUT2D eigenvalue weighted by atomic mass is 10.1. The molecule has 2 rings (SSSR count). The third-order valence-electron chi connectivity index (χ3n) is 2.60. The molecule has 2 heterocycles. The molecule has 0 radical (unpaired) electrons. The minimum atomic E-state index is -0.567. The van der Waals surface area contributed by atoms with Gasteiger partial charge in [-0.1, -0.05) is 0 Å². The number of hydrogen-bond acceptors (Lipinski definition) is 6. The summed E-state index contributed by atoms with van der Waals surface area (Å²) in [6.45, 7) is 1.13. The van der Waals surface area contributed by atoms with E-state index in [0.29, 0.717) is 26.1 Å². The fraction of sp³-hybridized carbons (Fsp3) is 0.455. The van der Waals surface area contributed by atoms with E-state index in [9.17, 15) is 10.1 Å². The second-order valence-electron chi connectivity index (χ2n) is 3.82. The van der Waals surface area contributed by atoms with Crippen molar-refractivity contribution in [1.29, 1.82) is 5.26 Å². The van der Waals surface area contributed by atoms with Crippen LogP contribution in [0.2, 0.25) is 0 Å². The number of pyridine rings is 1. The molecule has 0 N–H and O–H groups in total. The maximum atomic E-state index is 10.8. The average molecular weight is 249 g/mol. The van der Waals surface area contributed by atoms with Gasteiger partial charge in [0, 0.05) is 18.9 Å². The lowest BCUT2D eigenvalue weighted by Gasteiger charge is -2.22. The molecule has 0 bridgehead atoms. The summed E-state index contributed by atoms with van der Waals surface area (Å²) in [5.41, 5.74) is -0.122. The molecule has 0 unspecified atom stereocenters. The average Bonchev–Trinajstić information content (AvgIpc) is 2.39. The van der Waals surface area contributed by atoms with Crippen molar-refractivity contribution in [2.24, 2.45) is 0 Å². The Labute approximate surface area is 103 Å². The van der Waals surface area contributed by atoms with Crippen LogP contribution in [0.5, 0.6) is 5.88 Å². The Hall–Kier alpha value is -2.20. The molecule has 0 spiro atoms. The molecular formula is C11H11N3O4. The topological polar surface area (TPSA) is 98.3 Å². The summed E-state index contributed by atoms with van der Waals surface area (Å²) in [6.07, 6.45) is 1.17. The molecular weight excluding hydrogens is 238 g/mol. The highest BCUT2D eigenvalue weighted by atomic mass is 16.6. The molecule has 1 fully saturated rings. The van der Waals surface area contributed by atoms with Crippen molar-refractivity contribution in [1.82, 2.24) is 4.98 Å². The van der Waals surface area contributed by atoms with Crippen LogP contribution in [0.15, 0.2) is 12.1 Å². The molecule has 1 aromatic rings. The fourth-order valence-electron chi connectivity index (χ4n) is 1.67. The number of hydrogen-bond donors (Lipinski definition) is 0. The Balaban J connectivity index is 2.23. The number of aromatic nitrogens is 1. The lowest BCUT2D eigenvalue weighted by molar-refractivity contribution is -0.386. The van der Waals surface area contributed by atoms with Crippen LogP contribution in [0.3, 0.4) is 0 Å². The normalized spacial score (nSPS) is 15.9. The van der Waals surface area contributed by atoms with E-state index in [-0.39, 0.29) is 23.4 Å². The summed E-state index contributed by atoms with van der Waals surface area (Å²) < 4.78 is 10.7. The molecule has 0 aromatic carbocycles. The van der Waals surface area contributed by atoms with Gasteiger partial charge in [0.05, 0.1) is 18.1 Å². The first-order valence-electron chi connectivity index (χ1n) is 5.50. The molecule has 0 amide bonds. The Morgan fingerprint density at radius 3 is 2.83 bits per heavy atom. The third kappa shape index (κ3) is 2.73. The highest BCUT2D eigenvalue weighted by Gasteiger charge is 2.23. The number of nitro groups is 1. The van der Waals surface area contributed by atoms with E-state index in [0.717, 1.165) is 0 Å². The zero-order valence-corrected chi connectivity index (χ0v) is 9.54. The Morgan fingerprint density at radius 1 is 1.50 bits per heavy atom. The van der Waals surface area contributed by atoms with E-state index in [1.54, 1.807) is 0 Å². The van der Waals surface area contributed by atoms with Crippen molar-refractivity contribution in [3.63, 3.8) is 0 Å². The van der Waals surface area contributed by atoms with E-state index >= 15 is 0 Å². The zero-order chi connectivity index (χ0) is 13.0. The van der Waals surface area contributed by atoms with Gasteiger partial charge in [0.25, 0.3) is 5.88 Å². The lowest BCUT2D eigenvalue weighted by Crippen LogP contribution is -2.26. The van der Waals surface area contributed by atoms with Gasteiger partial charge >= 0.3 is 5.69 Å². The van der Waals surface area contributed by atoms with E-state index in [1.807, 2.05) is 6.07 Å². The number of nitrogens with zero attached hydrogens (tertiary/aromatic N) is 3. The van der Waals surface area contributed by atoms with Crippen molar-refractivity contribution in [2.75, 3.05) is 13.2 Å². The molecule has 0 saturated carbocycles. The Morgan fingerprint density at radius 2 is 2.22 bits per heavy atom. The highest BCUT2D eigenvalue weighted by molar-refractivity contribution is 5.43. The van der Waals surface area contributed by atoms with E-state index in [2.05, 4.69) is 4.98 Å². The van der Waals surface area contributed by atoms with Crippen molar-refractivity contribution < 1.29 is 14.4 Å². The van der Waals surface area contributed by atoms with Crippen LogP contribution in [0.4, 0.5) is 5.69 Å². The quantitative estimate of drug-likeness (QED) is 0.593. The van der Waals surface area contributed by atoms with Gasteiger partial charge in [0.15, 0.2) is 0 Å². The SMILES string of the molecule is N#Cc1ccc([N+](=O)[O-])c(OC2CCOCC2)n1. The van der Waals surface area contributed by atoms with Crippen LogP contribution in [-0.2, 0) is 4.74 Å². The maximum Gasteiger partial charge on any atom is 0.331 e. The minimum absolute atomic E-state index is 0.0917. The summed E-state index contributed by atoms with van der Waals surface area (Å²) in [6, 6.07) is 4.37. The van der Waals surface area contributed by atoms with Crippen LogP contribution in [0.25, 0.3) is 0 Å². The minimum Gasteiger partial charge on any atom is -0.469 e. The third-order valence-corrected chi connectivity index (χ3v) is 2.60. The van der Waals surface area contributed by atoms with E-state index in [4.69, 9.17) is 14.7 Å². The van der Waals surface area contributed by atoms with E-state index in [1.165, 1.54) is 12.1 Å². The van der Waals surface area contributed by atoms with Gasteiger partial charge in [0.2, 0.25) is 0 Å². The monoisotopic (exact) mass is 249 g/mol. The summed E-state index contributed by atoms with van der Waals surface area (Å²) in [5.74, 6) is -0.0917. The molecule has 7 heteroatoms. The van der Waals surface area contributed by atoms with Crippen LogP contribution >= 0.6 is 0 Å². The molecule has 1 aliphatic heterocycles. The van der Waals surface area contributed by atoms with Crippen LogP contribution in [0, 0.1) is 21.4 Å². The van der Waals surface area contributed by atoms with E-state index < -0.39 is 4.92 Å². The molecule has 0 aliphatic carbocycles. The Kier molecular flexibility index (Phi) is 3.69. The largest absolute Gasteiger partial charge is 0.469 e. The highest BCUT2D eigenvalue weighted by Crippen LogP contribution is 2.27. The summed E-state index contributed by atoms with van der Waals surface area (Å²) >= 11 is 0. The second-order valence-corrected chi connectivity index (χ2v) is 3.82. The molecule has 1 aromatic heterocycles. The van der Waals surface area contributed by atoms with Gasteiger partial charge in [-0.05, 0) is 6.07 Å².